The third-order valence-electron chi connectivity index (χ3n) is 13.4. The number of benzene rings is 5. The molecule has 0 bridgehead atoms. The number of anilines is 1. The van der Waals surface area contributed by atoms with Crippen molar-refractivity contribution < 1.29 is 28.5 Å². The molecule has 0 saturated heterocycles. The molecule has 5 aromatic rings. The first-order chi connectivity index (χ1) is 30.4. The Kier molecular flexibility index (Phi) is 11.3. The summed E-state index contributed by atoms with van der Waals surface area (Å²) < 4.78 is 26.8. The highest BCUT2D eigenvalue weighted by atomic mass is 32.1. The molecule has 5 aliphatic rings. The van der Waals surface area contributed by atoms with Crippen molar-refractivity contribution >= 4 is 35.8 Å². The van der Waals surface area contributed by atoms with Gasteiger partial charge in [-0.15, -0.1) is 12.6 Å². The van der Waals surface area contributed by atoms with Crippen LogP contribution in [-0.2, 0) is 57.5 Å². The molecule has 62 heavy (non-hydrogen) atoms. The van der Waals surface area contributed by atoms with Crippen molar-refractivity contribution in [3.63, 3.8) is 0 Å². The predicted molar refractivity (Wildman–Crippen MR) is 245 cm³/mol. The lowest BCUT2D eigenvalue weighted by Crippen LogP contribution is -2.46. The van der Waals surface area contributed by atoms with Crippen molar-refractivity contribution in [1.29, 1.82) is 0 Å². The van der Waals surface area contributed by atoms with E-state index < -0.39 is 11.9 Å². The van der Waals surface area contributed by atoms with Gasteiger partial charge in [-0.2, -0.15) is 0 Å². The highest BCUT2D eigenvalue weighted by Gasteiger charge is 2.39. The second kappa shape index (κ2) is 17.3. The quantitative estimate of drug-likeness (QED) is 0.0465. The molecule has 0 saturated carbocycles. The molecule has 4 aliphatic heterocycles. The monoisotopic (exact) mass is 845 g/mol. The molecular formula is C53H53N2O6S+. The van der Waals surface area contributed by atoms with Gasteiger partial charge in [-0.25, -0.2) is 9.37 Å². The number of ether oxygens (including phenoxy) is 4. The zero-order chi connectivity index (χ0) is 42.3. The lowest BCUT2D eigenvalue weighted by molar-refractivity contribution is -0.141. The molecular weight excluding hydrogens is 793 g/mol. The summed E-state index contributed by atoms with van der Waals surface area (Å²) in [4.78, 5) is 32.6. The van der Waals surface area contributed by atoms with Gasteiger partial charge in [0.2, 0.25) is 5.36 Å². The third-order valence-corrected chi connectivity index (χ3v) is 13.9. The maximum absolute atomic E-state index is 15.3. The minimum Gasteiger partial charge on any atom is -0.461 e. The van der Waals surface area contributed by atoms with E-state index in [-0.39, 0.29) is 19.8 Å². The first-order valence-electron chi connectivity index (χ1n) is 22.3. The first kappa shape index (κ1) is 40.4. The standard InChI is InChI=1S/C53H52N2O6S/c1-3-4-27-59-44(56)31-43-47(48(53(57)60-32-58-2)45(33-15-7-5-8-16-33)51(52(43)62)61-36-19-9-6-10-20-36)46-41-28-34-17-11-23-54-25-13-21-37(49(34)54)39(41)30-40-38-22-14-26-55-24-12-18-35(50(38)55)29-42(40)46/h3-10,15-16,19-20,28-29H,11-14,17-18,21-27,30-32H2,1-2H3/p+1/b4-3+. The number of hydrogen-bond acceptors (Lipinski definition) is 8. The van der Waals surface area contributed by atoms with Gasteiger partial charge >= 0.3 is 11.9 Å². The Bertz CT molecular complexity index is 2770. The summed E-state index contributed by atoms with van der Waals surface area (Å²) >= 11 is 5.39. The minimum atomic E-state index is -0.576. The van der Waals surface area contributed by atoms with E-state index in [1.165, 1.54) is 51.5 Å². The number of methoxy groups -OCH3 is 1. The highest BCUT2D eigenvalue weighted by molar-refractivity contribution is 7.80. The number of nitrogens with zero attached hydrogens (tertiary/aromatic N) is 2. The SMILES string of the molecule is C/C=C/COC(=O)Cc1c(S)c(Oc2ccccc2)c(-c2ccccc2)c(C(=O)OCOC)c1C1=c2cc3c4c(c2Cc2c1cc1c5c2CCCN5CCC1)CCC[N+]=4CCC3. The molecule has 0 atom stereocenters. The number of allylic oxidation sites excluding steroid dienone is 1. The largest absolute Gasteiger partial charge is 0.461 e. The van der Waals surface area contributed by atoms with E-state index in [4.69, 9.17) is 31.6 Å². The molecule has 0 fully saturated rings. The van der Waals surface area contributed by atoms with Crippen LogP contribution in [0.2, 0.25) is 0 Å². The van der Waals surface area contributed by atoms with Crippen LogP contribution in [-0.4, -0.2) is 58.6 Å². The summed E-state index contributed by atoms with van der Waals surface area (Å²) in [6.07, 6.45) is 12.7. The van der Waals surface area contributed by atoms with E-state index in [9.17, 15) is 4.79 Å². The topological polar surface area (TPSA) is 77.3 Å². The van der Waals surface area contributed by atoms with Crippen LogP contribution < -0.4 is 24.8 Å². The fourth-order valence-corrected chi connectivity index (χ4v) is 11.3. The van der Waals surface area contributed by atoms with Crippen LogP contribution in [0, 0.1) is 0 Å². The van der Waals surface area contributed by atoms with Crippen LogP contribution in [0.4, 0.5) is 5.69 Å². The lowest BCUT2D eigenvalue weighted by atomic mass is 9.72. The summed E-state index contributed by atoms with van der Waals surface area (Å²) in [7, 11) is 1.51. The second-order valence-electron chi connectivity index (χ2n) is 17.0. The molecule has 10 rings (SSSR count). The van der Waals surface area contributed by atoms with Crippen LogP contribution in [0.25, 0.3) is 16.7 Å². The number of carbonyl (C=O) groups excluding carboxylic acids is 2. The van der Waals surface area contributed by atoms with Crippen LogP contribution in [0.5, 0.6) is 11.5 Å². The number of rotatable bonds is 11. The van der Waals surface area contributed by atoms with E-state index in [1.807, 2.05) is 79.7 Å². The summed E-state index contributed by atoms with van der Waals surface area (Å²) in [5.41, 5.74) is 14.5. The number of carbonyl (C=O) groups is 2. The molecule has 0 unspecified atom stereocenters. The van der Waals surface area contributed by atoms with Crippen LogP contribution in [0.15, 0.2) is 89.8 Å². The maximum atomic E-state index is 15.3. The number of thiol groups is 1. The summed E-state index contributed by atoms with van der Waals surface area (Å²) in [5.74, 6) is -0.0813. The predicted octanol–water partition coefficient (Wildman–Crippen LogP) is 8.09. The first-order valence-corrected chi connectivity index (χ1v) is 22.8. The highest BCUT2D eigenvalue weighted by Crippen LogP contribution is 2.50. The molecule has 0 spiro atoms. The number of aryl methyl sites for hydroxylation is 2. The van der Waals surface area contributed by atoms with Crippen LogP contribution in [0.3, 0.4) is 0 Å². The van der Waals surface area contributed by atoms with E-state index in [0.29, 0.717) is 38.6 Å². The van der Waals surface area contributed by atoms with E-state index in [0.717, 1.165) is 106 Å². The van der Waals surface area contributed by atoms with Crippen molar-refractivity contribution in [3.05, 3.63) is 151 Å². The zero-order valence-corrected chi connectivity index (χ0v) is 36.6. The summed E-state index contributed by atoms with van der Waals surface area (Å²) in [6, 6.07) is 24.2. The van der Waals surface area contributed by atoms with Crippen LogP contribution in [0.1, 0.15) is 93.0 Å². The van der Waals surface area contributed by atoms with E-state index in [2.05, 4.69) is 21.6 Å². The summed E-state index contributed by atoms with van der Waals surface area (Å²) in [5, 5.41) is 2.54. The molecule has 316 valence electrons. The number of fused-ring (bicyclic) bond motifs is 4. The van der Waals surface area contributed by atoms with Gasteiger partial charge < -0.3 is 23.8 Å². The molecule has 0 N–H and O–H groups in total. The number of hydrogen-bond donors (Lipinski definition) is 1. The van der Waals surface area contributed by atoms with Crippen LogP contribution >= 0.6 is 12.6 Å². The van der Waals surface area contributed by atoms with Crippen molar-refractivity contribution in [2.45, 2.75) is 76.0 Å². The maximum Gasteiger partial charge on any atom is 0.341 e. The van der Waals surface area contributed by atoms with Gasteiger partial charge in [0, 0.05) is 61.0 Å². The fourth-order valence-electron chi connectivity index (χ4n) is 10.9. The molecule has 8 nitrogen and oxygen atoms in total. The van der Waals surface area contributed by atoms with Gasteiger partial charge in [0.15, 0.2) is 6.79 Å². The Morgan fingerprint density at radius 1 is 0.806 bits per heavy atom. The number of para-hydroxylation sites is 1. The van der Waals surface area contributed by atoms with Crippen molar-refractivity contribution in [3.8, 4) is 22.6 Å². The molecule has 4 heterocycles. The molecule has 9 heteroatoms. The zero-order valence-electron chi connectivity index (χ0n) is 35.7. The Hall–Kier alpha value is -5.64. The van der Waals surface area contributed by atoms with E-state index >= 15 is 4.79 Å². The van der Waals surface area contributed by atoms with Crippen molar-refractivity contribution in [2.24, 2.45) is 0 Å². The Labute approximate surface area is 368 Å². The van der Waals surface area contributed by atoms with E-state index in [1.54, 1.807) is 0 Å². The van der Waals surface area contributed by atoms with Gasteiger partial charge in [-0.05, 0) is 126 Å². The van der Waals surface area contributed by atoms with Crippen molar-refractivity contribution in [2.75, 3.05) is 51.6 Å². The van der Waals surface area contributed by atoms with Crippen molar-refractivity contribution in [1.82, 2.24) is 4.58 Å². The fraction of sp³-hybridized carbons (Fsp3) is 0.340. The smallest absolute Gasteiger partial charge is 0.341 e. The Balaban J connectivity index is 1.40. The van der Waals surface area contributed by atoms with Gasteiger partial charge in [0.25, 0.3) is 0 Å². The second-order valence-corrected chi connectivity index (χ2v) is 17.5. The van der Waals surface area contributed by atoms with Gasteiger partial charge in [-0.1, -0.05) is 60.7 Å². The Morgan fingerprint density at radius 2 is 1.53 bits per heavy atom. The molecule has 0 aromatic heterocycles. The average Bonchev–Trinajstić information content (AvgIpc) is 3.30. The molecule has 1 aliphatic carbocycles. The normalized spacial score (nSPS) is 16.0. The molecule has 0 amide bonds. The number of esters is 2. The molecule has 0 radical (unpaired) electrons. The lowest BCUT2D eigenvalue weighted by Gasteiger charge is -2.40. The molecule has 5 aromatic carbocycles. The Morgan fingerprint density at radius 3 is 2.31 bits per heavy atom. The van der Waals surface area contributed by atoms with Gasteiger partial charge in [-0.3, -0.25) is 4.79 Å². The average molecular weight is 846 g/mol. The third kappa shape index (κ3) is 7.13. The van der Waals surface area contributed by atoms with Gasteiger partial charge in [0.1, 0.15) is 31.2 Å². The van der Waals surface area contributed by atoms with Gasteiger partial charge in [0.05, 0.1) is 16.9 Å². The minimum absolute atomic E-state index is 0.130. The summed E-state index contributed by atoms with van der Waals surface area (Å²) in [6.45, 7) is 6.05.